The van der Waals surface area contributed by atoms with Crippen molar-refractivity contribution in [1.82, 2.24) is 0 Å². The average molecular weight is 326 g/mol. The SMILES string of the molecule is CCOC(=O)C(OC(=O)c1ccc(C(C)C)cc1)c1ccccc1. The van der Waals surface area contributed by atoms with Gasteiger partial charge in [-0.25, -0.2) is 9.59 Å². The first-order valence-corrected chi connectivity index (χ1v) is 8.05. The van der Waals surface area contributed by atoms with Crippen LogP contribution in [0.3, 0.4) is 0 Å². The third kappa shape index (κ3) is 4.44. The number of esters is 2. The summed E-state index contributed by atoms with van der Waals surface area (Å²) in [5.74, 6) is -0.741. The van der Waals surface area contributed by atoms with Crippen molar-refractivity contribution in [2.75, 3.05) is 6.61 Å². The molecule has 0 aliphatic heterocycles. The minimum atomic E-state index is -1.07. The van der Waals surface area contributed by atoms with Crippen LogP contribution in [0.25, 0.3) is 0 Å². The van der Waals surface area contributed by atoms with Crippen molar-refractivity contribution < 1.29 is 19.1 Å². The summed E-state index contributed by atoms with van der Waals surface area (Å²) in [5, 5.41) is 0. The lowest BCUT2D eigenvalue weighted by molar-refractivity contribution is -0.153. The monoisotopic (exact) mass is 326 g/mol. The van der Waals surface area contributed by atoms with Gasteiger partial charge in [-0.2, -0.15) is 0 Å². The molecule has 0 radical (unpaired) electrons. The van der Waals surface area contributed by atoms with Gasteiger partial charge in [0, 0.05) is 5.56 Å². The maximum absolute atomic E-state index is 12.4. The van der Waals surface area contributed by atoms with Crippen LogP contribution in [0.1, 0.15) is 54.3 Å². The molecule has 24 heavy (non-hydrogen) atoms. The fourth-order valence-electron chi connectivity index (χ4n) is 2.28. The van der Waals surface area contributed by atoms with E-state index in [9.17, 15) is 9.59 Å². The molecule has 0 spiro atoms. The van der Waals surface area contributed by atoms with Crippen LogP contribution in [0.2, 0.25) is 0 Å². The Labute approximate surface area is 142 Å². The molecular weight excluding hydrogens is 304 g/mol. The van der Waals surface area contributed by atoms with Crippen LogP contribution in [0.15, 0.2) is 54.6 Å². The van der Waals surface area contributed by atoms with E-state index in [1.807, 2.05) is 18.2 Å². The Morgan fingerprint density at radius 2 is 1.54 bits per heavy atom. The van der Waals surface area contributed by atoms with Gasteiger partial charge in [-0.15, -0.1) is 0 Å². The molecule has 1 atom stereocenters. The van der Waals surface area contributed by atoms with Crippen molar-refractivity contribution in [2.45, 2.75) is 32.8 Å². The number of carbonyl (C=O) groups excluding carboxylic acids is 2. The Hall–Kier alpha value is -2.62. The summed E-state index contributed by atoms with van der Waals surface area (Å²) in [6.07, 6.45) is -1.07. The molecule has 0 aliphatic carbocycles. The zero-order chi connectivity index (χ0) is 17.5. The highest BCUT2D eigenvalue weighted by Crippen LogP contribution is 2.22. The smallest absolute Gasteiger partial charge is 0.352 e. The highest BCUT2D eigenvalue weighted by Gasteiger charge is 2.26. The predicted molar refractivity (Wildman–Crippen MR) is 91.8 cm³/mol. The van der Waals surface area contributed by atoms with Crippen LogP contribution in [-0.2, 0) is 14.3 Å². The Kier molecular flexibility index (Phi) is 6.13. The van der Waals surface area contributed by atoms with E-state index in [1.165, 1.54) is 0 Å². The summed E-state index contributed by atoms with van der Waals surface area (Å²) in [6, 6.07) is 16.1. The molecule has 4 nitrogen and oxygen atoms in total. The lowest BCUT2D eigenvalue weighted by Crippen LogP contribution is -2.22. The van der Waals surface area contributed by atoms with Crippen molar-refractivity contribution in [1.29, 1.82) is 0 Å². The molecular formula is C20H22O4. The number of hydrogen-bond donors (Lipinski definition) is 0. The van der Waals surface area contributed by atoms with Crippen LogP contribution < -0.4 is 0 Å². The lowest BCUT2D eigenvalue weighted by Gasteiger charge is -2.17. The molecule has 0 fully saturated rings. The van der Waals surface area contributed by atoms with E-state index in [0.717, 1.165) is 5.56 Å². The van der Waals surface area contributed by atoms with Gasteiger partial charge in [0.1, 0.15) is 0 Å². The molecule has 4 heteroatoms. The maximum Gasteiger partial charge on any atom is 0.352 e. The van der Waals surface area contributed by atoms with Gasteiger partial charge >= 0.3 is 11.9 Å². The molecule has 126 valence electrons. The molecule has 0 aromatic heterocycles. The fraction of sp³-hybridized carbons (Fsp3) is 0.300. The van der Waals surface area contributed by atoms with Crippen molar-refractivity contribution in [3.63, 3.8) is 0 Å². The van der Waals surface area contributed by atoms with Gasteiger partial charge in [0.05, 0.1) is 12.2 Å². The van der Waals surface area contributed by atoms with Gasteiger partial charge in [0.15, 0.2) is 0 Å². The topological polar surface area (TPSA) is 52.6 Å². The first-order valence-electron chi connectivity index (χ1n) is 8.05. The van der Waals surface area contributed by atoms with E-state index in [-0.39, 0.29) is 6.61 Å². The predicted octanol–water partition coefficient (Wildman–Crippen LogP) is 4.27. The van der Waals surface area contributed by atoms with E-state index in [0.29, 0.717) is 17.0 Å². The number of ether oxygens (including phenoxy) is 2. The van der Waals surface area contributed by atoms with Gasteiger partial charge in [-0.3, -0.25) is 0 Å². The number of hydrogen-bond acceptors (Lipinski definition) is 4. The summed E-state index contributed by atoms with van der Waals surface area (Å²) < 4.78 is 10.5. The zero-order valence-corrected chi connectivity index (χ0v) is 14.2. The van der Waals surface area contributed by atoms with E-state index >= 15 is 0 Å². The summed E-state index contributed by atoms with van der Waals surface area (Å²) in [4.78, 5) is 24.5. The molecule has 2 rings (SSSR count). The second kappa shape index (κ2) is 8.29. The zero-order valence-electron chi connectivity index (χ0n) is 14.2. The first-order chi connectivity index (χ1) is 11.5. The molecule has 0 saturated carbocycles. The molecule has 0 saturated heterocycles. The van der Waals surface area contributed by atoms with E-state index in [1.54, 1.807) is 43.3 Å². The second-order valence-electron chi connectivity index (χ2n) is 5.72. The van der Waals surface area contributed by atoms with E-state index in [2.05, 4.69) is 13.8 Å². The molecule has 0 heterocycles. The van der Waals surface area contributed by atoms with Gasteiger partial charge < -0.3 is 9.47 Å². The van der Waals surface area contributed by atoms with Gasteiger partial charge in [0.25, 0.3) is 0 Å². The summed E-state index contributed by atoms with van der Waals surface area (Å²) in [6.45, 7) is 6.11. The molecule has 0 bridgehead atoms. The Morgan fingerprint density at radius 1 is 0.917 bits per heavy atom. The van der Waals surface area contributed by atoms with Crippen molar-refractivity contribution in [2.24, 2.45) is 0 Å². The van der Waals surface area contributed by atoms with Gasteiger partial charge in [-0.1, -0.05) is 56.3 Å². The Morgan fingerprint density at radius 3 is 2.08 bits per heavy atom. The first kappa shape index (κ1) is 17.7. The van der Waals surface area contributed by atoms with E-state index in [4.69, 9.17) is 9.47 Å². The number of carbonyl (C=O) groups is 2. The second-order valence-corrected chi connectivity index (χ2v) is 5.72. The highest BCUT2D eigenvalue weighted by molar-refractivity contribution is 5.91. The number of benzene rings is 2. The molecule has 2 aromatic rings. The molecule has 2 aromatic carbocycles. The van der Waals surface area contributed by atoms with Crippen molar-refractivity contribution >= 4 is 11.9 Å². The van der Waals surface area contributed by atoms with Crippen molar-refractivity contribution in [3.05, 3.63) is 71.3 Å². The standard InChI is InChI=1S/C20H22O4/c1-4-23-20(22)18(16-8-6-5-7-9-16)24-19(21)17-12-10-15(11-13-17)14(2)3/h5-14,18H,4H2,1-3H3. The third-order valence-electron chi connectivity index (χ3n) is 3.64. The largest absolute Gasteiger partial charge is 0.463 e. The molecule has 0 amide bonds. The maximum atomic E-state index is 12.4. The Bertz CT molecular complexity index is 675. The van der Waals surface area contributed by atoms with Crippen LogP contribution in [0.5, 0.6) is 0 Å². The normalized spacial score (nSPS) is 11.8. The van der Waals surface area contributed by atoms with Gasteiger partial charge in [0.2, 0.25) is 6.10 Å². The quantitative estimate of drug-likeness (QED) is 0.744. The fourth-order valence-corrected chi connectivity index (χ4v) is 2.28. The summed E-state index contributed by atoms with van der Waals surface area (Å²) >= 11 is 0. The molecule has 1 unspecified atom stereocenters. The third-order valence-corrected chi connectivity index (χ3v) is 3.64. The minimum Gasteiger partial charge on any atom is -0.463 e. The summed E-state index contributed by atoms with van der Waals surface area (Å²) in [7, 11) is 0. The van der Waals surface area contributed by atoms with Crippen LogP contribution in [0, 0.1) is 0 Å². The van der Waals surface area contributed by atoms with Gasteiger partial charge in [-0.05, 0) is 30.5 Å². The van der Waals surface area contributed by atoms with Crippen LogP contribution >= 0.6 is 0 Å². The average Bonchev–Trinajstić information content (AvgIpc) is 2.60. The summed E-state index contributed by atoms with van der Waals surface area (Å²) in [5.41, 5.74) is 2.13. The van der Waals surface area contributed by atoms with Crippen LogP contribution in [0.4, 0.5) is 0 Å². The van der Waals surface area contributed by atoms with Crippen LogP contribution in [-0.4, -0.2) is 18.5 Å². The minimum absolute atomic E-state index is 0.225. The highest BCUT2D eigenvalue weighted by atomic mass is 16.6. The number of rotatable bonds is 6. The lowest BCUT2D eigenvalue weighted by atomic mass is 10.0. The van der Waals surface area contributed by atoms with Crippen molar-refractivity contribution in [3.8, 4) is 0 Å². The Balaban J connectivity index is 2.19. The molecule has 0 aliphatic rings. The van der Waals surface area contributed by atoms with E-state index < -0.39 is 18.0 Å². The molecule has 0 N–H and O–H groups in total.